The first-order valence-corrected chi connectivity index (χ1v) is 5.75. The van der Waals surface area contributed by atoms with E-state index in [4.69, 9.17) is 23.2 Å². The standard InChI is InChI=1S/C11H6Cl2N4O/c12-7-2-8-11(16-9(7)13)17-10(15-8)5-1-6(18)4-14-3-5/h1-4,18H,(H,15,16,17). The van der Waals surface area contributed by atoms with Crippen molar-refractivity contribution in [3.05, 3.63) is 34.7 Å². The fourth-order valence-electron chi connectivity index (χ4n) is 1.59. The Labute approximate surface area is 111 Å². The number of hydrogen-bond acceptors (Lipinski definition) is 4. The Kier molecular flexibility index (Phi) is 2.57. The zero-order valence-corrected chi connectivity index (χ0v) is 10.4. The molecule has 3 heterocycles. The number of fused-ring (bicyclic) bond motifs is 1. The highest BCUT2D eigenvalue weighted by Crippen LogP contribution is 2.26. The fourth-order valence-corrected chi connectivity index (χ4v) is 1.88. The molecule has 3 rings (SSSR count). The van der Waals surface area contributed by atoms with E-state index >= 15 is 0 Å². The van der Waals surface area contributed by atoms with Crippen molar-refractivity contribution in [2.45, 2.75) is 0 Å². The molecule has 0 radical (unpaired) electrons. The Hall–Kier alpha value is -1.85. The molecule has 0 saturated heterocycles. The quantitative estimate of drug-likeness (QED) is 0.672. The van der Waals surface area contributed by atoms with Gasteiger partial charge in [0.15, 0.2) is 5.65 Å². The van der Waals surface area contributed by atoms with E-state index < -0.39 is 0 Å². The van der Waals surface area contributed by atoms with Crippen LogP contribution in [0.4, 0.5) is 0 Å². The number of H-pyrrole nitrogens is 1. The maximum absolute atomic E-state index is 9.38. The van der Waals surface area contributed by atoms with Gasteiger partial charge in [0.1, 0.15) is 16.7 Å². The normalized spacial score (nSPS) is 11.0. The van der Waals surface area contributed by atoms with Crippen molar-refractivity contribution in [1.29, 1.82) is 0 Å². The van der Waals surface area contributed by atoms with Gasteiger partial charge in [0.25, 0.3) is 0 Å². The minimum absolute atomic E-state index is 0.0666. The van der Waals surface area contributed by atoms with E-state index in [0.29, 0.717) is 27.6 Å². The topological polar surface area (TPSA) is 74.7 Å². The molecule has 0 saturated carbocycles. The highest BCUT2D eigenvalue weighted by Gasteiger charge is 2.10. The van der Waals surface area contributed by atoms with Gasteiger partial charge in [0, 0.05) is 11.8 Å². The lowest BCUT2D eigenvalue weighted by Gasteiger charge is -1.95. The van der Waals surface area contributed by atoms with E-state index in [1.54, 1.807) is 18.3 Å². The Morgan fingerprint density at radius 3 is 2.72 bits per heavy atom. The summed E-state index contributed by atoms with van der Waals surface area (Å²) in [4.78, 5) is 15.2. The van der Waals surface area contributed by atoms with Crippen LogP contribution in [0.5, 0.6) is 5.75 Å². The Morgan fingerprint density at radius 2 is 1.94 bits per heavy atom. The summed E-state index contributed by atoms with van der Waals surface area (Å²) in [7, 11) is 0. The second-order valence-electron chi connectivity index (χ2n) is 3.65. The molecule has 7 heteroatoms. The third kappa shape index (κ3) is 1.87. The Balaban J connectivity index is 2.19. The van der Waals surface area contributed by atoms with Gasteiger partial charge in [-0.25, -0.2) is 9.97 Å². The predicted octanol–water partition coefficient (Wildman–Crippen LogP) is 3.03. The smallest absolute Gasteiger partial charge is 0.179 e. The van der Waals surface area contributed by atoms with Crippen LogP contribution in [0.15, 0.2) is 24.5 Å². The van der Waals surface area contributed by atoms with Crippen LogP contribution in [0.1, 0.15) is 0 Å². The maximum atomic E-state index is 9.38. The van der Waals surface area contributed by atoms with Crippen LogP contribution in [-0.4, -0.2) is 25.0 Å². The van der Waals surface area contributed by atoms with Crippen LogP contribution in [0.25, 0.3) is 22.6 Å². The number of imidazole rings is 1. The molecule has 2 N–H and O–H groups in total. The lowest BCUT2D eigenvalue weighted by Crippen LogP contribution is -1.82. The number of pyridine rings is 2. The lowest BCUT2D eigenvalue weighted by atomic mass is 10.2. The highest BCUT2D eigenvalue weighted by molar-refractivity contribution is 6.41. The number of rotatable bonds is 1. The molecular weight excluding hydrogens is 275 g/mol. The lowest BCUT2D eigenvalue weighted by molar-refractivity contribution is 0.473. The van der Waals surface area contributed by atoms with Gasteiger partial charge in [-0.2, -0.15) is 0 Å². The summed E-state index contributed by atoms with van der Waals surface area (Å²) < 4.78 is 0. The van der Waals surface area contributed by atoms with Gasteiger partial charge in [-0.15, -0.1) is 0 Å². The second kappa shape index (κ2) is 4.12. The monoisotopic (exact) mass is 280 g/mol. The first-order chi connectivity index (χ1) is 8.63. The molecular formula is C11H6Cl2N4O. The van der Waals surface area contributed by atoms with Crippen molar-refractivity contribution < 1.29 is 5.11 Å². The number of hydrogen-bond donors (Lipinski definition) is 2. The van der Waals surface area contributed by atoms with Crippen molar-refractivity contribution >= 4 is 34.4 Å². The molecule has 0 atom stereocenters. The third-order valence-electron chi connectivity index (χ3n) is 2.38. The number of halogens is 2. The van der Waals surface area contributed by atoms with Crippen LogP contribution in [0.3, 0.4) is 0 Å². The molecule has 5 nitrogen and oxygen atoms in total. The number of aromatic nitrogens is 4. The summed E-state index contributed by atoms with van der Waals surface area (Å²) in [6, 6.07) is 3.20. The van der Waals surface area contributed by atoms with Crippen molar-refractivity contribution in [2.75, 3.05) is 0 Å². The molecule has 3 aromatic heterocycles. The van der Waals surface area contributed by atoms with Crippen molar-refractivity contribution in [1.82, 2.24) is 19.9 Å². The van der Waals surface area contributed by atoms with E-state index in [-0.39, 0.29) is 10.9 Å². The van der Waals surface area contributed by atoms with Crippen molar-refractivity contribution in [3.8, 4) is 17.1 Å². The molecule has 0 aliphatic carbocycles. The van der Waals surface area contributed by atoms with Crippen molar-refractivity contribution in [3.63, 3.8) is 0 Å². The predicted molar refractivity (Wildman–Crippen MR) is 68.8 cm³/mol. The summed E-state index contributed by atoms with van der Waals surface area (Å²) in [5.41, 5.74) is 1.78. The molecule has 0 fully saturated rings. The van der Waals surface area contributed by atoms with Gasteiger partial charge >= 0.3 is 0 Å². The van der Waals surface area contributed by atoms with E-state index in [2.05, 4.69) is 19.9 Å². The summed E-state index contributed by atoms with van der Waals surface area (Å²) in [6.45, 7) is 0. The average Bonchev–Trinajstić information content (AvgIpc) is 2.73. The van der Waals surface area contributed by atoms with E-state index in [9.17, 15) is 5.11 Å². The van der Waals surface area contributed by atoms with Crippen LogP contribution in [0.2, 0.25) is 10.2 Å². The van der Waals surface area contributed by atoms with Crippen LogP contribution >= 0.6 is 23.2 Å². The van der Waals surface area contributed by atoms with E-state index in [1.165, 1.54) is 6.20 Å². The first-order valence-electron chi connectivity index (χ1n) is 4.99. The number of aromatic amines is 1. The highest BCUT2D eigenvalue weighted by atomic mass is 35.5. The molecule has 3 aromatic rings. The summed E-state index contributed by atoms with van der Waals surface area (Å²) >= 11 is 11.7. The van der Waals surface area contributed by atoms with Gasteiger partial charge in [-0.05, 0) is 12.1 Å². The SMILES string of the molecule is Oc1cncc(-c2nc3nc(Cl)c(Cl)cc3[nH]2)c1. The minimum Gasteiger partial charge on any atom is -0.506 e. The van der Waals surface area contributed by atoms with E-state index in [0.717, 1.165) is 0 Å². The first kappa shape index (κ1) is 11.3. The summed E-state index contributed by atoms with van der Waals surface area (Å²) in [5, 5.41) is 9.94. The molecule has 0 aromatic carbocycles. The zero-order valence-electron chi connectivity index (χ0n) is 8.85. The molecule has 0 spiro atoms. The molecule has 18 heavy (non-hydrogen) atoms. The van der Waals surface area contributed by atoms with Gasteiger partial charge in [-0.3, -0.25) is 4.98 Å². The molecule has 0 aliphatic rings. The average molecular weight is 281 g/mol. The fraction of sp³-hybridized carbons (Fsp3) is 0. The molecule has 0 amide bonds. The number of aromatic hydroxyl groups is 1. The second-order valence-corrected chi connectivity index (χ2v) is 4.41. The largest absolute Gasteiger partial charge is 0.506 e. The van der Waals surface area contributed by atoms with Gasteiger partial charge in [0.2, 0.25) is 0 Å². The van der Waals surface area contributed by atoms with Gasteiger partial charge in [0.05, 0.1) is 16.7 Å². The Bertz CT molecular complexity index is 702. The van der Waals surface area contributed by atoms with Crippen LogP contribution < -0.4 is 0 Å². The molecule has 0 bridgehead atoms. The maximum Gasteiger partial charge on any atom is 0.179 e. The Morgan fingerprint density at radius 1 is 1.11 bits per heavy atom. The summed E-state index contributed by atoms with van der Waals surface area (Å²) in [5.74, 6) is 0.608. The number of nitrogens with one attached hydrogen (secondary N) is 1. The van der Waals surface area contributed by atoms with Crippen LogP contribution in [0, 0.1) is 0 Å². The van der Waals surface area contributed by atoms with Gasteiger partial charge in [-0.1, -0.05) is 23.2 Å². The minimum atomic E-state index is 0.0666. The molecule has 0 unspecified atom stereocenters. The third-order valence-corrected chi connectivity index (χ3v) is 3.05. The zero-order chi connectivity index (χ0) is 12.7. The summed E-state index contributed by atoms with van der Waals surface area (Å²) in [6.07, 6.45) is 2.93. The molecule has 0 aliphatic heterocycles. The number of nitrogens with zero attached hydrogens (tertiary/aromatic N) is 3. The van der Waals surface area contributed by atoms with E-state index in [1.807, 2.05) is 0 Å². The van der Waals surface area contributed by atoms with Crippen LogP contribution in [-0.2, 0) is 0 Å². The molecule has 90 valence electrons. The van der Waals surface area contributed by atoms with Crippen molar-refractivity contribution in [2.24, 2.45) is 0 Å². The van der Waals surface area contributed by atoms with Gasteiger partial charge < -0.3 is 10.1 Å².